The average Bonchev–Trinajstić information content (AvgIpc) is 3.26. The molecule has 28 heavy (non-hydrogen) atoms. The monoisotopic (exact) mass is 395 g/mol. The SMILES string of the molecule is Cc1cc(C)n(Cc2cccc(CNS(=O)(=O)c3ccc4c(c3)CCC4)c2)n1. The van der Waals surface area contributed by atoms with Gasteiger partial charge in [-0.25, -0.2) is 13.1 Å². The van der Waals surface area contributed by atoms with Gasteiger partial charge in [0.15, 0.2) is 0 Å². The molecule has 0 bridgehead atoms. The number of nitrogens with one attached hydrogen (secondary N) is 1. The lowest BCUT2D eigenvalue weighted by molar-refractivity contribution is 0.581. The second-order valence-corrected chi connectivity index (χ2v) is 9.28. The standard InChI is InChI=1S/C22H25N3O2S/c1-16-11-17(2)25(24-16)15-19-6-3-5-18(12-19)14-23-28(26,27)22-10-9-20-7-4-8-21(20)13-22/h3,5-6,9-13,23H,4,7-8,14-15H2,1-2H3. The Hall–Kier alpha value is -2.44. The molecule has 0 saturated heterocycles. The van der Waals surface area contributed by atoms with Crippen LogP contribution in [0.15, 0.2) is 53.4 Å². The molecule has 1 aliphatic rings. The molecule has 0 amide bonds. The fourth-order valence-corrected chi connectivity index (χ4v) is 4.89. The van der Waals surface area contributed by atoms with Gasteiger partial charge >= 0.3 is 0 Å². The highest BCUT2D eigenvalue weighted by molar-refractivity contribution is 7.89. The quantitative estimate of drug-likeness (QED) is 0.695. The van der Waals surface area contributed by atoms with Crippen molar-refractivity contribution in [1.29, 1.82) is 0 Å². The van der Waals surface area contributed by atoms with Crippen LogP contribution in [0.4, 0.5) is 0 Å². The van der Waals surface area contributed by atoms with Crippen molar-refractivity contribution in [3.8, 4) is 0 Å². The molecule has 0 atom stereocenters. The summed E-state index contributed by atoms with van der Waals surface area (Å²) < 4.78 is 30.1. The van der Waals surface area contributed by atoms with Gasteiger partial charge in [-0.2, -0.15) is 5.10 Å². The summed E-state index contributed by atoms with van der Waals surface area (Å²) in [6.07, 6.45) is 3.12. The molecule has 146 valence electrons. The lowest BCUT2D eigenvalue weighted by atomic mass is 10.1. The Morgan fingerprint density at radius 3 is 2.57 bits per heavy atom. The summed E-state index contributed by atoms with van der Waals surface area (Å²) in [7, 11) is -3.52. The van der Waals surface area contributed by atoms with E-state index in [0.29, 0.717) is 11.4 Å². The van der Waals surface area contributed by atoms with Gasteiger partial charge in [0.05, 0.1) is 17.1 Å². The molecule has 0 fully saturated rings. The van der Waals surface area contributed by atoms with E-state index in [-0.39, 0.29) is 6.54 Å². The summed E-state index contributed by atoms with van der Waals surface area (Å²) in [6.45, 7) is 4.96. The maximum absolute atomic E-state index is 12.7. The van der Waals surface area contributed by atoms with Crippen LogP contribution in [0.1, 0.15) is 40.1 Å². The van der Waals surface area contributed by atoms with Crippen molar-refractivity contribution in [2.24, 2.45) is 0 Å². The topological polar surface area (TPSA) is 64.0 Å². The molecule has 1 aliphatic carbocycles. The molecule has 3 aromatic rings. The molecular formula is C22H25N3O2S. The molecule has 5 nitrogen and oxygen atoms in total. The van der Waals surface area contributed by atoms with Crippen LogP contribution < -0.4 is 4.72 Å². The number of hydrogen-bond acceptors (Lipinski definition) is 3. The van der Waals surface area contributed by atoms with Crippen molar-refractivity contribution < 1.29 is 8.42 Å². The Labute approximate surface area is 166 Å². The van der Waals surface area contributed by atoms with E-state index >= 15 is 0 Å². The fourth-order valence-electron chi connectivity index (χ4n) is 3.82. The number of sulfonamides is 1. The number of benzene rings is 2. The lowest BCUT2D eigenvalue weighted by Crippen LogP contribution is -2.23. The average molecular weight is 396 g/mol. The van der Waals surface area contributed by atoms with Crippen LogP contribution in [0.3, 0.4) is 0 Å². The zero-order valence-electron chi connectivity index (χ0n) is 16.3. The third-order valence-corrected chi connectivity index (χ3v) is 6.67. The van der Waals surface area contributed by atoms with E-state index in [1.54, 1.807) is 6.07 Å². The van der Waals surface area contributed by atoms with E-state index in [9.17, 15) is 8.42 Å². The Bertz CT molecular complexity index is 1120. The van der Waals surface area contributed by atoms with Crippen molar-refractivity contribution in [2.75, 3.05) is 0 Å². The third-order valence-electron chi connectivity index (χ3n) is 5.27. The van der Waals surface area contributed by atoms with Gasteiger partial charge < -0.3 is 0 Å². The summed E-state index contributed by atoms with van der Waals surface area (Å²) in [5, 5.41) is 4.49. The highest BCUT2D eigenvalue weighted by Gasteiger charge is 2.18. The minimum Gasteiger partial charge on any atom is -0.265 e. The Balaban J connectivity index is 1.46. The summed E-state index contributed by atoms with van der Waals surface area (Å²) >= 11 is 0. The van der Waals surface area contributed by atoms with E-state index in [0.717, 1.165) is 47.3 Å². The highest BCUT2D eigenvalue weighted by atomic mass is 32.2. The maximum atomic E-state index is 12.7. The molecule has 6 heteroatoms. The van der Waals surface area contributed by atoms with Crippen LogP contribution in [0.2, 0.25) is 0 Å². The molecule has 0 radical (unpaired) electrons. The van der Waals surface area contributed by atoms with Crippen LogP contribution in [0.5, 0.6) is 0 Å². The van der Waals surface area contributed by atoms with Gasteiger partial charge in [-0.1, -0.05) is 30.3 Å². The normalized spacial score (nSPS) is 13.6. The molecule has 1 aromatic heterocycles. The molecule has 4 rings (SSSR count). The predicted octanol–water partition coefficient (Wildman–Crippen LogP) is 3.52. The second-order valence-electron chi connectivity index (χ2n) is 7.51. The number of aryl methyl sites for hydroxylation is 4. The zero-order chi connectivity index (χ0) is 19.7. The first-order valence-corrected chi connectivity index (χ1v) is 11.1. The van der Waals surface area contributed by atoms with Gasteiger partial charge in [0, 0.05) is 12.2 Å². The van der Waals surface area contributed by atoms with Crippen LogP contribution in [-0.4, -0.2) is 18.2 Å². The molecule has 0 spiro atoms. The van der Waals surface area contributed by atoms with Crippen LogP contribution in [-0.2, 0) is 36.0 Å². The number of hydrogen-bond donors (Lipinski definition) is 1. The molecular weight excluding hydrogens is 370 g/mol. The predicted molar refractivity (Wildman–Crippen MR) is 110 cm³/mol. The fraction of sp³-hybridized carbons (Fsp3) is 0.318. The van der Waals surface area contributed by atoms with Gasteiger partial charge in [-0.15, -0.1) is 0 Å². The van der Waals surface area contributed by atoms with E-state index in [1.165, 1.54) is 5.56 Å². The van der Waals surface area contributed by atoms with E-state index < -0.39 is 10.0 Å². The first kappa shape index (κ1) is 18.9. The van der Waals surface area contributed by atoms with Crippen molar-refractivity contribution in [3.05, 3.63) is 82.2 Å². The molecule has 0 aliphatic heterocycles. The maximum Gasteiger partial charge on any atom is 0.240 e. The van der Waals surface area contributed by atoms with Crippen LogP contribution in [0, 0.1) is 13.8 Å². The van der Waals surface area contributed by atoms with Crippen molar-refractivity contribution in [2.45, 2.75) is 51.1 Å². The first-order valence-electron chi connectivity index (χ1n) is 9.61. The van der Waals surface area contributed by atoms with E-state index in [2.05, 4.69) is 15.9 Å². The summed E-state index contributed by atoms with van der Waals surface area (Å²) in [4.78, 5) is 0.354. The largest absolute Gasteiger partial charge is 0.265 e. The number of rotatable bonds is 6. The molecule has 1 N–H and O–H groups in total. The molecule has 1 heterocycles. The van der Waals surface area contributed by atoms with Gasteiger partial charge in [-0.3, -0.25) is 4.68 Å². The zero-order valence-corrected chi connectivity index (χ0v) is 17.1. The number of nitrogens with zero attached hydrogens (tertiary/aromatic N) is 2. The van der Waals surface area contributed by atoms with Gasteiger partial charge in [0.2, 0.25) is 10.0 Å². The van der Waals surface area contributed by atoms with Crippen molar-refractivity contribution in [3.63, 3.8) is 0 Å². The lowest BCUT2D eigenvalue weighted by Gasteiger charge is -2.10. The minimum absolute atomic E-state index is 0.268. The number of fused-ring (bicyclic) bond motifs is 1. The molecule has 0 saturated carbocycles. The first-order chi connectivity index (χ1) is 13.4. The summed E-state index contributed by atoms with van der Waals surface area (Å²) in [5.41, 5.74) is 6.57. The molecule has 2 aromatic carbocycles. The van der Waals surface area contributed by atoms with E-state index in [4.69, 9.17) is 0 Å². The second kappa shape index (κ2) is 7.53. The Morgan fingerprint density at radius 2 is 1.79 bits per heavy atom. The van der Waals surface area contributed by atoms with Crippen molar-refractivity contribution >= 4 is 10.0 Å². The Kier molecular flexibility index (Phi) is 5.08. The molecule has 0 unspecified atom stereocenters. The van der Waals surface area contributed by atoms with Crippen LogP contribution in [0.25, 0.3) is 0 Å². The van der Waals surface area contributed by atoms with Crippen molar-refractivity contribution in [1.82, 2.24) is 14.5 Å². The van der Waals surface area contributed by atoms with Gasteiger partial charge in [-0.05, 0) is 73.6 Å². The summed E-state index contributed by atoms with van der Waals surface area (Å²) in [6, 6.07) is 15.5. The van der Waals surface area contributed by atoms with Gasteiger partial charge in [0.25, 0.3) is 0 Å². The van der Waals surface area contributed by atoms with Crippen LogP contribution >= 0.6 is 0 Å². The smallest absolute Gasteiger partial charge is 0.240 e. The van der Waals surface area contributed by atoms with Gasteiger partial charge in [0.1, 0.15) is 0 Å². The highest BCUT2D eigenvalue weighted by Crippen LogP contribution is 2.24. The summed E-state index contributed by atoms with van der Waals surface area (Å²) in [5.74, 6) is 0. The third kappa shape index (κ3) is 4.03. The Morgan fingerprint density at radius 1 is 1.00 bits per heavy atom. The number of aromatic nitrogens is 2. The minimum atomic E-state index is -3.52. The van der Waals surface area contributed by atoms with E-state index in [1.807, 2.05) is 54.9 Å².